The maximum absolute atomic E-state index is 12.0. The molecular weight excluding hydrogens is 262 g/mol. The van der Waals surface area contributed by atoms with E-state index in [1.807, 2.05) is 60.7 Å². The molecule has 1 amide bonds. The fourth-order valence-electron chi connectivity index (χ4n) is 2.46. The number of rotatable bonds is 4. The molecule has 3 rings (SSSR count). The van der Waals surface area contributed by atoms with Crippen LogP contribution in [0.2, 0.25) is 0 Å². The van der Waals surface area contributed by atoms with Crippen molar-refractivity contribution in [3.05, 3.63) is 78.4 Å². The van der Waals surface area contributed by atoms with E-state index in [2.05, 4.69) is 6.58 Å². The van der Waals surface area contributed by atoms with Crippen molar-refractivity contribution in [3.8, 4) is 0 Å². The molecule has 0 radical (unpaired) electrons. The first-order valence-electron chi connectivity index (χ1n) is 6.98. The van der Waals surface area contributed by atoms with Crippen LogP contribution in [-0.4, -0.2) is 23.6 Å². The van der Waals surface area contributed by atoms with Crippen LogP contribution in [0.15, 0.2) is 67.2 Å². The first kappa shape index (κ1) is 13.4. The highest BCUT2D eigenvalue weighted by Crippen LogP contribution is 2.25. The second-order valence-electron chi connectivity index (χ2n) is 5.13. The molecule has 1 aliphatic heterocycles. The van der Waals surface area contributed by atoms with Crippen LogP contribution in [0.1, 0.15) is 11.1 Å². The van der Waals surface area contributed by atoms with Crippen molar-refractivity contribution in [1.29, 1.82) is 0 Å². The SMILES string of the molecule is C=C(c1ccccc1)C1CN(Cc2ccccc2)C(=O)O1. The number of carbonyl (C=O) groups excluding carboxylic acids is 1. The number of cyclic esters (lactones) is 1. The maximum atomic E-state index is 12.0. The summed E-state index contributed by atoms with van der Waals surface area (Å²) in [5.41, 5.74) is 2.96. The zero-order valence-electron chi connectivity index (χ0n) is 11.7. The molecule has 0 N–H and O–H groups in total. The quantitative estimate of drug-likeness (QED) is 0.853. The van der Waals surface area contributed by atoms with Gasteiger partial charge < -0.3 is 4.74 Å². The number of ether oxygens (including phenoxy) is 1. The van der Waals surface area contributed by atoms with Gasteiger partial charge in [0.2, 0.25) is 0 Å². The van der Waals surface area contributed by atoms with Crippen molar-refractivity contribution < 1.29 is 9.53 Å². The molecule has 1 saturated heterocycles. The first-order valence-corrected chi connectivity index (χ1v) is 6.98. The Hall–Kier alpha value is -2.55. The van der Waals surface area contributed by atoms with Crippen molar-refractivity contribution in [2.75, 3.05) is 6.54 Å². The summed E-state index contributed by atoms with van der Waals surface area (Å²) in [7, 11) is 0. The molecule has 1 aliphatic rings. The Morgan fingerprint density at radius 1 is 1.10 bits per heavy atom. The lowest BCUT2D eigenvalue weighted by molar-refractivity contribution is 0.146. The molecule has 106 valence electrons. The van der Waals surface area contributed by atoms with Gasteiger partial charge in [0, 0.05) is 6.54 Å². The van der Waals surface area contributed by atoms with Crippen LogP contribution in [0.3, 0.4) is 0 Å². The van der Waals surface area contributed by atoms with Gasteiger partial charge in [-0.1, -0.05) is 67.2 Å². The van der Waals surface area contributed by atoms with E-state index in [0.29, 0.717) is 13.1 Å². The highest BCUT2D eigenvalue weighted by atomic mass is 16.6. The zero-order valence-corrected chi connectivity index (χ0v) is 11.7. The van der Waals surface area contributed by atoms with Crippen LogP contribution in [0, 0.1) is 0 Å². The molecule has 1 heterocycles. The molecule has 0 aromatic heterocycles. The van der Waals surface area contributed by atoms with Crippen LogP contribution in [0.4, 0.5) is 4.79 Å². The van der Waals surface area contributed by atoms with E-state index < -0.39 is 0 Å². The molecule has 1 unspecified atom stereocenters. The van der Waals surface area contributed by atoms with E-state index in [4.69, 9.17) is 4.74 Å². The Kier molecular flexibility index (Phi) is 3.73. The third-order valence-electron chi connectivity index (χ3n) is 3.64. The second kappa shape index (κ2) is 5.83. The van der Waals surface area contributed by atoms with Crippen molar-refractivity contribution >= 4 is 11.7 Å². The van der Waals surface area contributed by atoms with Gasteiger partial charge in [0.05, 0.1) is 6.54 Å². The van der Waals surface area contributed by atoms with Crippen molar-refractivity contribution in [2.45, 2.75) is 12.6 Å². The van der Waals surface area contributed by atoms with Gasteiger partial charge in [0.1, 0.15) is 6.10 Å². The Bertz CT molecular complexity index is 637. The summed E-state index contributed by atoms with van der Waals surface area (Å²) in [4.78, 5) is 13.7. The van der Waals surface area contributed by atoms with Crippen molar-refractivity contribution in [1.82, 2.24) is 4.90 Å². The summed E-state index contributed by atoms with van der Waals surface area (Å²) >= 11 is 0. The normalized spacial score (nSPS) is 17.6. The predicted octanol–water partition coefficient (Wildman–Crippen LogP) is 3.72. The van der Waals surface area contributed by atoms with E-state index in [-0.39, 0.29) is 12.2 Å². The molecule has 0 saturated carbocycles. The Morgan fingerprint density at radius 2 is 1.71 bits per heavy atom. The monoisotopic (exact) mass is 279 g/mol. The molecule has 1 fully saturated rings. The van der Waals surface area contributed by atoms with Gasteiger partial charge in [0.25, 0.3) is 0 Å². The summed E-state index contributed by atoms with van der Waals surface area (Å²) < 4.78 is 5.45. The van der Waals surface area contributed by atoms with E-state index in [1.54, 1.807) is 4.90 Å². The van der Waals surface area contributed by atoms with Crippen molar-refractivity contribution in [3.63, 3.8) is 0 Å². The molecule has 0 aliphatic carbocycles. The van der Waals surface area contributed by atoms with E-state index in [1.165, 1.54) is 0 Å². The summed E-state index contributed by atoms with van der Waals surface area (Å²) in [6, 6.07) is 19.8. The standard InChI is InChI=1S/C18H17NO2/c1-14(16-10-6-3-7-11-16)17-13-19(18(20)21-17)12-15-8-4-2-5-9-15/h2-11,17H,1,12-13H2. The smallest absolute Gasteiger partial charge is 0.410 e. The molecule has 2 aromatic rings. The predicted molar refractivity (Wildman–Crippen MR) is 82.6 cm³/mol. The topological polar surface area (TPSA) is 29.5 Å². The van der Waals surface area contributed by atoms with Gasteiger partial charge in [0.15, 0.2) is 0 Å². The van der Waals surface area contributed by atoms with Crippen LogP contribution in [0.5, 0.6) is 0 Å². The number of hydrogen-bond donors (Lipinski definition) is 0. The summed E-state index contributed by atoms with van der Waals surface area (Å²) in [6.45, 7) is 5.19. The molecule has 3 heteroatoms. The minimum atomic E-state index is -0.277. The van der Waals surface area contributed by atoms with E-state index in [9.17, 15) is 4.79 Å². The Balaban J connectivity index is 1.69. The lowest BCUT2D eigenvalue weighted by Gasteiger charge is -2.14. The van der Waals surface area contributed by atoms with Gasteiger partial charge in [-0.3, -0.25) is 4.90 Å². The third-order valence-corrected chi connectivity index (χ3v) is 3.64. The van der Waals surface area contributed by atoms with Gasteiger partial charge in [-0.25, -0.2) is 4.79 Å². The third kappa shape index (κ3) is 2.97. The van der Waals surface area contributed by atoms with Crippen LogP contribution in [0.25, 0.3) is 5.57 Å². The Morgan fingerprint density at radius 3 is 2.38 bits per heavy atom. The van der Waals surface area contributed by atoms with Crippen molar-refractivity contribution in [2.24, 2.45) is 0 Å². The van der Waals surface area contributed by atoms with Gasteiger partial charge in [-0.15, -0.1) is 0 Å². The number of amides is 1. The van der Waals surface area contributed by atoms with Gasteiger partial charge >= 0.3 is 6.09 Å². The highest BCUT2D eigenvalue weighted by molar-refractivity contribution is 5.76. The first-order chi connectivity index (χ1) is 10.2. The average molecular weight is 279 g/mol. The average Bonchev–Trinajstić information content (AvgIpc) is 2.89. The van der Waals surface area contributed by atoms with E-state index in [0.717, 1.165) is 16.7 Å². The summed E-state index contributed by atoms with van der Waals surface area (Å²) in [5.74, 6) is 0. The van der Waals surface area contributed by atoms with E-state index >= 15 is 0 Å². The molecule has 3 nitrogen and oxygen atoms in total. The summed E-state index contributed by atoms with van der Waals surface area (Å²) in [6.07, 6.45) is -0.551. The minimum absolute atomic E-state index is 0.274. The number of benzene rings is 2. The highest BCUT2D eigenvalue weighted by Gasteiger charge is 2.33. The van der Waals surface area contributed by atoms with Gasteiger partial charge in [-0.05, 0) is 16.7 Å². The molecule has 2 aromatic carbocycles. The van der Waals surface area contributed by atoms with Crippen LogP contribution >= 0.6 is 0 Å². The lowest BCUT2D eigenvalue weighted by Crippen LogP contribution is -2.24. The largest absolute Gasteiger partial charge is 0.439 e. The maximum Gasteiger partial charge on any atom is 0.410 e. The minimum Gasteiger partial charge on any atom is -0.439 e. The molecule has 0 spiro atoms. The fraction of sp³-hybridized carbons (Fsp3) is 0.167. The van der Waals surface area contributed by atoms with Crippen LogP contribution in [-0.2, 0) is 11.3 Å². The molecule has 1 atom stereocenters. The van der Waals surface area contributed by atoms with Crippen LogP contribution < -0.4 is 0 Å². The Labute approximate surface area is 124 Å². The van der Waals surface area contributed by atoms with Gasteiger partial charge in [-0.2, -0.15) is 0 Å². The molecule has 0 bridgehead atoms. The lowest BCUT2D eigenvalue weighted by atomic mass is 10.0. The summed E-state index contributed by atoms with van der Waals surface area (Å²) in [5, 5.41) is 0. The number of carbonyl (C=O) groups is 1. The number of hydrogen-bond acceptors (Lipinski definition) is 2. The number of nitrogens with zero attached hydrogens (tertiary/aromatic N) is 1. The molecule has 21 heavy (non-hydrogen) atoms. The zero-order chi connectivity index (χ0) is 14.7. The molecular formula is C18H17NO2. The fourth-order valence-corrected chi connectivity index (χ4v) is 2.46. The second-order valence-corrected chi connectivity index (χ2v) is 5.13.